The van der Waals surface area contributed by atoms with E-state index in [4.69, 9.17) is 23.4 Å². The van der Waals surface area contributed by atoms with Crippen LogP contribution in [0.2, 0.25) is 0 Å². The molecule has 0 amide bonds. The van der Waals surface area contributed by atoms with Crippen LogP contribution in [0.4, 0.5) is 0 Å². The van der Waals surface area contributed by atoms with Gasteiger partial charge in [0.05, 0.1) is 42.4 Å². The monoisotopic (exact) mass is 628 g/mol. The Morgan fingerprint density at radius 1 is 1.04 bits per heavy atom. The molecule has 1 spiro atoms. The van der Waals surface area contributed by atoms with E-state index < -0.39 is 87.8 Å². The Morgan fingerprint density at radius 2 is 1.76 bits per heavy atom. The van der Waals surface area contributed by atoms with Gasteiger partial charge in [-0.1, -0.05) is 39.8 Å². The van der Waals surface area contributed by atoms with Crippen molar-refractivity contribution >= 4 is 11.8 Å². The van der Waals surface area contributed by atoms with Gasteiger partial charge in [0.15, 0.2) is 12.0 Å². The first-order chi connectivity index (χ1) is 21.0. The number of Topliss-reactive ketones (excluding diaryl/α,β-unsaturated/α-hetero) is 1. The molecule has 1 aromatic rings. The molecule has 11 heteroatoms. The lowest BCUT2D eigenvalue weighted by Gasteiger charge is -2.64. The molecule has 246 valence electrons. The lowest BCUT2D eigenvalue weighted by Crippen LogP contribution is -2.70. The topological polar surface area (TPSA) is 168 Å². The molecule has 1 aromatic heterocycles. The van der Waals surface area contributed by atoms with Crippen molar-refractivity contribution in [2.45, 2.75) is 122 Å². The van der Waals surface area contributed by atoms with Gasteiger partial charge in [-0.25, -0.2) is 0 Å². The summed E-state index contributed by atoms with van der Waals surface area (Å²) in [6.45, 7) is 12.5. The van der Waals surface area contributed by atoms with Crippen molar-refractivity contribution in [3.63, 3.8) is 0 Å². The molecular formula is C34H44O11. The van der Waals surface area contributed by atoms with Gasteiger partial charge in [-0.15, -0.1) is 0 Å². The molecule has 2 saturated carbocycles. The molecule has 0 aromatic carbocycles. The van der Waals surface area contributed by atoms with E-state index in [1.807, 2.05) is 45.9 Å². The fraction of sp³-hybridized carbons (Fsp3) is 0.706. The normalized spacial score (nSPS) is 51.2. The van der Waals surface area contributed by atoms with Crippen LogP contribution in [0.3, 0.4) is 0 Å². The van der Waals surface area contributed by atoms with Gasteiger partial charge in [0.25, 0.3) is 0 Å². The van der Waals surface area contributed by atoms with E-state index in [1.165, 1.54) is 6.92 Å². The molecule has 2 aliphatic heterocycles. The number of furan rings is 1. The first kappa shape index (κ1) is 31.2. The highest BCUT2D eigenvalue weighted by atomic mass is 16.7. The van der Waals surface area contributed by atoms with Crippen LogP contribution in [-0.2, 0) is 28.5 Å². The van der Waals surface area contributed by atoms with Crippen LogP contribution in [0.15, 0.2) is 46.5 Å². The van der Waals surface area contributed by atoms with E-state index >= 15 is 4.79 Å². The summed E-state index contributed by atoms with van der Waals surface area (Å²) < 4.78 is 29.9. The summed E-state index contributed by atoms with van der Waals surface area (Å²) in [6.07, 6.45) is -0.166. The van der Waals surface area contributed by atoms with E-state index in [0.29, 0.717) is 18.4 Å². The van der Waals surface area contributed by atoms with Crippen LogP contribution in [0.25, 0.3) is 0 Å². The predicted octanol–water partition coefficient (Wildman–Crippen LogP) is 2.51. The maximum atomic E-state index is 15.1. The predicted molar refractivity (Wildman–Crippen MR) is 156 cm³/mol. The van der Waals surface area contributed by atoms with Crippen molar-refractivity contribution in [3.05, 3.63) is 47.6 Å². The van der Waals surface area contributed by atoms with Crippen molar-refractivity contribution < 1.29 is 53.4 Å². The smallest absolute Gasteiger partial charge is 0.308 e. The molecule has 4 N–H and O–H groups in total. The zero-order chi connectivity index (χ0) is 32.6. The van der Waals surface area contributed by atoms with E-state index in [1.54, 1.807) is 19.5 Å². The van der Waals surface area contributed by atoms with Gasteiger partial charge < -0.3 is 43.8 Å². The van der Waals surface area contributed by atoms with Crippen molar-refractivity contribution in [1.29, 1.82) is 0 Å². The molecule has 7 rings (SSSR count). The first-order valence-electron chi connectivity index (χ1n) is 15.9. The second-order valence-electron chi connectivity index (χ2n) is 15.3. The zero-order valence-electron chi connectivity index (χ0n) is 26.7. The summed E-state index contributed by atoms with van der Waals surface area (Å²) in [4.78, 5) is 27.7. The van der Waals surface area contributed by atoms with Crippen molar-refractivity contribution in [3.8, 4) is 0 Å². The molecule has 0 unspecified atom stereocenters. The Balaban J connectivity index is 1.35. The standard InChI is InChI=1S/C34H44O11/c1-15-22(37)23(38)24(39)29(42-15)44-20-8-10-31(5)26-19(36)13-32(6)18(17-9-11-41-14-17)12-21-34(32,45-21)33(26,7)28(40)25(43-16(2)35)27(31)30(20,3)4/h8-11,14-15,18-24,26,29,36-39H,12-13H2,1-7H3/t15-,18-,19+,20-,21+,22-,23+,24+,26+,29-,31+,32-,33-,34+/m0/s1. The van der Waals surface area contributed by atoms with Crippen LogP contribution >= 0.6 is 0 Å². The molecule has 4 aliphatic carbocycles. The second-order valence-corrected chi connectivity index (χ2v) is 15.3. The Labute approximate surface area is 262 Å². The Bertz CT molecular complexity index is 1480. The minimum absolute atomic E-state index is 0.000107. The highest BCUT2D eigenvalue weighted by Crippen LogP contribution is 2.81. The van der Waals surface area contributed by atoms with E-state index in [2.05, 4.69) is 6.92 Å². The summed E-state index contributed by atoms with van der Waals surface area (Å²) in [5, 5.41) is 43.5. The number of carbonyl (C=O) groups is 2. The summed E-state index contributed by atoms with van der Waals surface area (Å²) in [5.74, 6) is -1.74. The number of allylic oxidation sites excluding steroid dienone is 2. The number of fused-ring (bicyclic) bond motifs is 3. The van der Waals surface area contributed by atoms with Gasteiger partial charge in [-0.05, 0) is 49.8 Å². The van der Waals surface area contributed by atoms with Gasteiger partial charge in [-0.2, -0.15) is 0 Å². The number of epoxide rings is 1. The molecule has 2 saturated heterocycles. The molecule has 45 heavy (non-hydrogen) atoms. The zero-order valence-corrected chi connectivity index (χ0v) is 26.7. The highest BCUT2D eigenvalue weighted by Gasteiger charge is 2.88. The van der Waals surface area contributed by atoms with Gasteiger partial charge in [0, 0.05) is 29.1 Å². The number of ketones is 1. The molecule has 4 fully saturated rings. The maximum Gasteiger partial charge on any atom is 0.308 e. The summed E-state index contributed by atoms with van der Waals surface area (Å²) in [7, 11) is 0. The first-order valence-corrected chi connectivity index (χ1v) is 15.9. The van der Waals surface area contributed by atoms with Crippen LogP contribution in [0, 0.1) is 27.6 Å². The summed E-state index contributed by atoms with van der Waals surface area (Å²) >= 11 is 0. The molecule has 3 heterocycles. The number of aliphatic hydroxyl groups excluding tert-OH is 4. The minimum Gasteiger partial charge on any atom is -0.472 e. The molecule has 0 radical (unpaired) electrons. The quantitative estimate of drug-likeness (QED) is 0.220. The van der Waals surface area contributed by atoms with Crippen molar-refractivity contribution in [1.82, 2.24) is 0 Å². The average molecular weight is 629 g/mol. The summed E-state index contributed by atoms with van der Waals surface area (Å²) in [5.41, 5.74) is -3.23. The SMILES string of the molecule is CC(=O)OC1=C2C(C)(C)[C@@H](O[C@@H]3O[C@@H](C)[C@H](O)[C@@H](O)[C@H]3O)C=C[C@]2(C)[C@H]2[C@H](O)C[C@@]3(C)[C@H](c4ccoc4)C[C@H]4O[C@]43[C@]2(C)C1=O. The van der Waals surface area contributed by atoms with Gasteiger partial charge in [-0.3, -0.25) is 9.59 Å². The minimum atomic E-state index is -1.53. The third-order valence-corrected chi connectivity index (χ3v) is 12.5. The van der Waals surface area contributed by atoms with Crippen LogP contribution < -0.4 is 0 Å². The number of ether oxygens (including phenoxy) is 4. The van der Waals surface area contributed by atoms with Gasteiger partial charge in [0.2, 0.25) is 5.78 Å². The third kappa shape index (κ3) is 3.71. The molecular weight excluding hydrogens is 584 g/mol. The van der Waals surface area contributed by atoms with Crippen molar-refractivity contribution in [2.75, 3.05) is 0 Å². The highest BCUT2D eigenvalue weighted by molar-refractivity contribution is 6.04. The van der Waals surface area contributed by atoms with Crippen LogP contribution in [0.1, 0.15) is 72.8 Å². The number of aliphatic hydroxyl groups is 4. The number of hydrogen-bond acceptors (Lipinski definition) is 11. The van der Waals surface area contributed by atoms with E-state index in [9.17, 15) is 25.2 Å². The van der Waals surface area contributed by atoms with Crippen LogP contribution in [-0.4, -0.2) is 86.8 Å². The molecule has 0 bridgehead atoms. The maximum absolute atomic E-state index is 15.1. The number of carbonyl (C=O) groups excluding carboxylic acids is 2. The Hall–Kier alpha value is -2.38. The summed E-state index contributed by atoms with van der Waals surface area (Å²) in [6, 6.07) is 1.93. The average Bonchev–Trinajstić information content (AvgIpc) is 3.32. The molecule has 6 aliphatic rings. The van der Waals surface area contributed by atoms with Gasteiger partial charge >= 0.3 is 5.97 Å². The number of hydrogen-bond donors (Lipinski definition) is 4. The van der Waals surface area contributed by atoms with Gasteiger partial charge in [0.1, 0.15) is 23.9 Å². The third-order valence-electron chi connectivity index (χ3n) is 12.5. The van der Waals surface area contributed by atoms with Crippen LogP contribution in [0.5, 0.6) is 0 Å². The number of esters is 1. The second kappa shape index (κ2) is 9.59. The fourth-order valence-corrected chi connectivity index (χ4v) is 10.8. The van der Waals surface area contributed by atoms with E-state index in [0.717, 1.165) is 5.56 Å². The Morgan fingerprint density at radius 3 is 2.40 bits per heavy atom. The number of rotatable bonds is 4. The van der Waals surface area contributed by atoms with Crippen molar-refractivity contribution in [2.24, 2.45) is 27.6 Å². The largest absolute Gasteiger partial charge is 0.472 e. The lowest BCUT2D eigenvalue weighted by molar-refractivity contribution is -0.306. The Kier molecular flexibility index (Phi) is 6.66. The lowest BCUT2D eigenvalue weighted by atomic mass is 9.38. The fourth-order valence-electron chi connectivity index (χ4n) is 10.8. The molecule has 11 nitrogen and oxygen atoms in total. The van der Waals surface area contributed by atoms with E-state index in [-0.39, 0.29) is 17.8 Å². The molecule has 14 atom stereocenters.